The molecule has 64 valence electrons. The summed E-state index contributed by atoms with van der Waals surface area (Å²) in [5.74, 6) is 5.56. The van der Waals surface area contributed by atoms with E-state index in [1.807, 2.05) is 0 Å². The van der Waals surface area contributed by atoms with E-state index >= 15 is 0 Å². The van der Waals surface area contributed by atoms with Crippen molar-refractivity contribution >= 4 is 5.91 Å². The van der Waals surface area contributed by atoms with Crippen LogP contribution in [0.15, 0.2) is 0 Å². The number of carbonyl (C=O) groups is 1. The molecule has 0 aromatic carbocycles. The minimum Gasteiger partial charge on any atom is -0.278 e. The summed E-state index contributed by atoms with van der Waals surface area (Å²) < 4.78 is 0. The Morgan fingerprint density at radius 2 is 1.91 bits per heavy atom. The number of carbonyl (C=O) groups excluding carboxylic acids is 1. The Kier molecular flexibility index (Phi) is 2.88. The zero-order valence-corrected chi connectivity index (χ0v) is 7.05. The molecule has 0 aromatic rings. The first-order chi connectivity index (χ1) is 5.22. The maximum atomic E-state index is 10.8. The highest BCUT2D eigenvalue weighted by molar-refractivity contribution is 5.72. The van der Waals surface area contributed by atoms with Gasteiger partial charge in [0.2, 0.25) is 5.91 Å². The fraction of sp³-hybridized carbons (Fsp3) is 0.875. The maximum Gasteiger partial charge on any atom is 0.233 e. The Morgan fingerprint density at radius 3 is 2.36 bits per heavy atom. The number of rotatable bonds is 1. The summed E-state index contributed by atoms with van der Waals surface area (Å²) in [5, 5.41) is 1.39. The van der Waals surface area contributed by atoms with Gasteiger partial charge in [0, 0.05) is 13.0 Å². The Balaban J connectivity index is 2.38. The minimum atomic E-state index is -0.0168. The van der Waals surface area contributed by atoms with Crippen molar-refractivity contribution in [2.75, 3.05) is 0 Å². The third-order valence-corrected chi connectivity index (χ3v) is 2.33. The molecule has 0 heterocycles. The average molecular weight is 156 g/mol. The summed E-state index contributed by atoms with van der Waals surface area (Å²) in [5.41, 5.74) is 0. The fourth-order valence-corrected chi connectivity index (χ4v) is 1.62. The largest absolute Gasteiger partial charge is 0.278 e. The fourth-order valence-electron chi connectivity index (χ4n) is 1.62. The number of nitrogens with zero attached hydrogens (tertiary/aromatic N) is 1. The van der Waals surface area contributed by atoms with E-state index in [9.17, 15) is 4.79 Å². The summed E-state index contributed by atoms with van der Waals surface area (Å²) in [6.07, 6.45) is 5.88. The zero-order valence-electron chi connectivity index (χ0n) is 7.05. The van der Waals surface area contributed by atoms with Gasteiger partial charge in [0.1, 0.15) is 0 Å². The summed E-state index contributed by atoms with van der Waals surface area (Å²) in [6, 6.07) is 0.307. The number of hydrogen-bond acceptors (Lipinski definition) is 2. The van der Waals surface area contributed by atoms with E-state index in [0.29, 0.717) is 6.04 Å². The van der Waals surface area contributed by atoms with Crippen molar-refractivity contribution in [2.24, 2.45) is 5.84 Å². The standard InChI is InChI=1S/C8H16N2O/c1-7(11)10(9)8-5-3-2-4-6-8/h8H,2-6,9H2,1H3. The monoisotopic (exact) mass is 156 g/mol. The summed E-state index contributed by atoms with van der Waals surface area (Å²) >= 11 is 0. The molecule has 1 rings (SSSR count). The first-order valence-electron chi connectivity index (χ1n) is 4.26. The third-order valence-electron chi connectivity index (χ3n) is 2.33. The van der Waals surface area contributed by atoms with Gasteiger partial charge in [0.25, 0.3) is 0 Å². The second-order valence-corrected chi connectivity index (χ2v) is 3.22. The number of amides is 1. The van der Waals surface area contributed by atoms with Crippen LogP contribution in [0, 0.1) is 0 Å². The van der Waals surface area contributed by atoms with E-state index < -0.39 is 0 Å². The van der Waals surface area contributed by atoms with Crippen LogP contribution in [0.2, 0.25) is 0 Å². The first kappa shape index (κ1) is 8.53. The number of nitrogens with two attached hydrogens (primary N) is 1. The summed E-state index contributed by atoms with van der Waals surface area (Å²) in [7, 11) is 0. The second kappa shape index (κ2) is 3.72. The lowest BCUT2D eigenvalue weighted by Gasteiger charge is -2.29. The van der Waals surface area contributed by atoms with Crippen LogP contribution in [0.3, 0.4) is 0 Å². The molecule has 0 bridgehead atoms. The van der Waals surface area contributed by atoms with Crippen LogP contribution in [-0.2, 0) is 4.79 Å². The molecule has 1 fully saturated rings. The van der Waals surface area contributed by atoms with Crippen LogP contribution in [0.25, 0.3) is 0 Å². The van der Waals surface area contributed by atoms with E-state index in [0.717, 1.165) is 12.8 Å². The lowest BCUT2D eigenvalue weighted by Crippen LogP contribution is -2.45. The van der Waals surface area contributed by atoms with Gasteiger partial charge in [0.05, 0.1) is 0 Å². The molecule has 0 radical (unpaired) electrons. The molecule has 0 aromatic heterocycles. The number of hydrogen-bond donors (Lipinski definition) is 1. The highest BCUT2D eigenvalue weighted by atomic mass is 16.2. The van der Waals surface area contributed by atoms with Crippen molar-refractivity contribution in [1.29, 1.82) is 0 Å². The summed E-state index contributed by atoms with van der Waals surface area (Å²) in [4.78, 5) is 10.8. The average Bonchev–Trinajstić information content (AvgIpc) is 2.05. The molecule has 1 saturated carbocycles. The predicted molar refractivity (Wildman–Crippen MR) is 43.6 cm³/mol. The molecule has 0 unspecified atom stereocenters. The van der Waals surface area contributed by atoms with Gasteiger partial charge in [-0.15, -0.1) is 0 Å². The quantitative estimate of drug-likeness (QED) is 0.350. The second-order valence-electron chi connectivity index (χ2n) is 3.22. The maximum absolute atomic E-state index is 10.8. The van der Waals surface area contributed by atoms with Gasteiger partial charge in [-0.2, -0.15) is 0 Å². The van der Waals surface area contributed by atoms with Crippen LogP contribution in [0.1, 0.15) is 39.0 Å². The molecule has 11 heavy (non-hydrogen) atoms. The predicted octanol–water partition coefficient (Wildman–Crippen LogP) is 1.04. The van der Waals surface area contributed by atoms with Gasteiger partial charge in [-0.3, -0.25) is 9.80 Å². The highest BCUT2D eigenvalue weighted by Gasteiger charge is 2.19. The van der Waals surface area contributed by atoms with Crippen LogP contribution in [-0.4, -0.2) is 17.0 Å². The van der Waals surface area contributed by atoms with Crippen molar-refractivity contribution < 1.29 is 4.79 Å². The molecule has 3 heteroatoms. The highest BCUT2D eigenvalue weighted by Crippen LogP contribution is 2.20. The molecule has 0 saturated heterocycles. The van der Waals surface area contributed by atoms with Gasteiger partial charge in [-0.1, -0.05) is 19.3 Å². The molecule has 2 N–H and O–H groups in total. The van der Waals surface area contributed by atoms with Gasteiger partial charge in [-0.25, -0.2) is 5.84 Å². The smallest absolute Gasteiger partial charge is 0.233 e. The van der Waals surface area contributed by atoms with Gasteiger partial charge >= 0.3 is 0 Å². The Bertz CT molecular complexity index is 141. The van der Waals surface area contributed by atoms with Crippen molar-refractivity contribution in [3.05, 3.63) is 0 Å². The summed E-state index contributed by atoms with van der Waals surface area (Å²) in [6.45, 7) is 1.52. The van der Waals surface area contributed by atoms with E-state index in [2.05, 4.69) is 0 Å². The molecule has 1 amide bonds. The lowest BCUT2D eigenvalue weighted by atomic mass is 9.95. The molecular weight excluding hydrogens is 140 g/mol. The van der Waals surface area contributed by atoms with Crippen molar-refractivity contribution in [2.45, 2.75) is 45.1 Å². The molecule has 3 nitrogen and oxygen atoms in total. The molecular formula is C8H16N2O. The van der Waals surface area contributed by atoms with Crippen LogP contribution in [0.4, 0.5) is 0 Å². The molecule has 0 spiro atoms. The molecule has 0 atom stereocenters. The topological polar surface area (TPSA) is 46.3 Å². The molecule has 0 aliphatic heterocycles. The van der Waals surface area contributed by atoms with Gasteiger partial charge < -0.3 is 0 Å². The van der Waals surface area contributed by atoms with Crippen molar-refractivity contribution in [3.63, 3.8) is 0 Å². The van der Waals surface area contributed by atoms with E-state index in [-0.39, 0.29) is 5.91 Å². The Labute approximate surface area is 67.5 Å². The van der Waals surface area contributed by atoms with Crippen LogP contribution in [0.5, 0.6) is 0 Å². The van der Waals surface area contributed by atoms with Crippen LogP contribution >= 0.6 is 0 Å². The first-order valence-corrected chi connectivity index (χ1v) is 4.26. The molecule has 1 aliphatic carbocycles. The lowest BCUT2D eigenvalue weighted by molar-refractivity contribution is -0.132. The van der Waals surface area contributed by atoms with E-state index in [4.69, 9.17) is 5.84 Å². The molecule has 1 aliphatic rings. The third kappa shape index (κ3) is 2.19. The van der Waals surface area contributed by atoms with Crippen molar-refractivity contribution in [3.8, 4) is 0 Å². The minimum absolute atomic E-state index is 0.0168. The van der Waals surface area contributed by atoms with Crippen LogP contribution < -0.4 is 5.84 Å². The van der Waals surface area contributed by atoms with Crippen molar-refractivity contribution in [1.82, 2.24) is 5.01 Å². The zero-order chi connectivity index (χ0) is 8.27. The van der Waals surface area contributed by atoms with Gasteiger partial charge in [-0.05, 0) is 12.8 Å². The van der Waals surface area contributed by atoms with E-state index in [1.165, 1.54) is 31.2 Å². The SMILES string of the molecule is CC(=O)N(N)C1CCCCC1. The normalized spacial score (nSPS) is 19.8. The van der Waals surface area contributed by atoms with Gasteiger partial charge in [0.15, 0.2) is 0 Å². The Morgan fingerprint density at radius 1 is 1.36 bits per heavy atom. The number of hydrazine groups is 1. The van der Waals surface area contributed by atoms with E-state index in [1.54, 1.807) is 0 Å². The Hall–Kier alpha value is -0.570.